The Kier molecular flexibility index (Phi) is 4.04. The number of carbonyl (C=O) groups excluding carboxylic acids is 1. The molecule has 0 aromatic heterocycles. The molecule has 2 aliphatic heterocycles. The van der Waals surface area contributed by atoms with Gasteiger partial charge < -0.3 is 10.6 Å². The fraction of sp³-hybridized carbons (Fsp3) is 0.938. The van der Waals surface area contributed by atoms with E-state index in [0.29, 0.717) is 23.9 Å². The topological polar surface area (TPSA) is 49.6 Å². The average Bonchev–Trinajstić information content (AvgIpc) is 2.87. The fourth-order valence-electron chi connectivity index (χ4n) is 4.45. The van der Waals surface area contributed by atoms with Crippen molar-refractivity contribution in [2.75, 3.05) is 19.6 Å². The number of hydrogen-bond donors (Lipinski definition) is 1. The molecular weight excluding hydrogens is 250 g/mol. The van der Waals surface area contributed by atoms with Gasteiger partial charge in [0.15, 0.2) is 0 Å². The molecule has 20 heavy (non-hydrogen) atoms. The molecule has 2 N–H and O–H groups in total. The SMILES string of the molecule is CC1C(N)CCCC1C(=O)N1CC2CCCN2CC1C. The van der Waals surface area contributed by atoms with Crippen LogP contribution in [0.4, 0.5) is 0 Å². The van der Waals surface area contributed by atoms with Crippen molar-refractivity contribution in [3.8, 4) is 0 Å². The summed E-state index contributed by atoms with van der Waals surface area (Å²) in [5.74, 6) is 0.880. The Morgan fingerprint density at radius 3 is 2.70 bits per heavy atom. The standard InChI is InChI=1S/C16H29N3O/c1-11-9-18-8-4-5-13(18)10-19(11)16(20)14-6-3-7-15(17)12(14)2/h11-15H,3-10,17H2,1-2H3. The van der Waals surface area contributed by atoms with Gasteiger partial charge in [0, 0.05) is 37.1 Å². The van der Waals surface area contributed by atoms with Crippen LogP contribution in [0, 0.1) is 11.8 Å². The normalized spacial score (nSPS) is 42.5. The van der Waals surface area contributed by atoms with Crippen LogP contribution in [-0.2, 0) is 4.79 Å². The first-order chi connectivity index (χ1) is 9.58. The molecule has 4 nitrogen and oxygen atoms in total. The summed E-state index contributed by atoms with van der Waals surface area (Å²) in [6.07, 6.45) is 5.78. The number of fused-ring (bicyclic) bond motifs is 1. The summed E-state index contributed by atoms with van der Waals surface area (Å²) in [5, 5.41) is 0. The van der Waals surface area contributed by atoms with Crippen LogP contribution < -0.4 is 5.73 Å². The molecule has 114 valence electrons. The van der Waals surface area contributed by atoms with Gasteiger partial charge in [-0.15, -0.1) is 0 Å². The molecule has 3 rings (SSSR count). The van der Waals surface area contributed by atoms with E-state index in [9.17, 15) is 4.79 Å². The van der Waals surface area contributed by atoms with Crippen molar-refractivity contribution in [3.05, 3.63) is 0 Å². The van der Waals surface area contributed by atoms with E-state index in [-0.39, 0.29) is 12.0 Å². The van der Waals surface area contributed by atoms with E-state index in [1.807, 2.05) is 0 Å². The summed E-state index contributed by atoms with van der Waals surface area (Å²) in [5.41, 5.74) is 6.18. The smallest absolute Gasteiger partial charge is 0.226 e. The second-order valence-electron chi connectivity index (χ2n) is 7.19. The second-order valence-corrected chi connectivity index (χ2v) is 7.19. The maximum absolute atomic E-state index is 13.0. The van der Waals surface area contributed by atoms with Crippen LogP contribution in [0.1, 0.15) is 46.0 Å². The van der Waals surface area contributed by atoms with Gasteiger partial charge in [0.25, 0.3) is 0 Å². The molecule has 2 saturated heterocycles. The van der Waals surface area contributed by atoms with Crippen molar-refractivity contribution in [2.24, 2.45) is 17.6 Å². The van der Waals surface area contributed by atoms with Crippen molar-refractivity contribution in [3.63, 3.8) is 0 Å². The van der Waals surface area contributed by atoms with Gasteiger partial charge in [0.05, 0.1) is 0 Å². The van der Waals surface area contributed by atoms with Crippen LogP contribution >= 0.6 is 0 Å². The molecule has 0 aromatic carbocycles. The lowest BCUT2D eigenvalue weighted by Crippen LogP contribution is -2.59. The Bertz CT molecular complexity index is 373. The summed E-state index contributed by atoms with van der Waals surface area (Å²) in [7, 11) is 0. The molecule has 2 heterocycles. The van der Waals surface area contributed by atoms with Crippen LogP contribution in [0.2, 0.25) is 0 Å². The molecule has 5 unspecified atom stereocenters. The first kappa shape index (κ1) is 14.3. The number of nitrogens with two attached hydrogens (primary N) is 1. The second kappa shape index (κ2) is 5.64. The Morgan fingerprint density at radius 2 is 1.90 bits per heavy atom. The first-order valence-corrected chi connectivity index (χ1v) is 8.38. The summed E-state index contributed by atoms with van der Waals surface area (Å²) in [4.78, 5) is 17.7. The number of rotatable bonds is 1. The van der Waals surface area contributed by atoms with Crippen molar-refractivity contribution in [1.82, 2.24) is 9.80 Å². The highest BCUT2D eigenvalue weighted by Gasteiger charge is 2.41. The fourth-order valence-corrected chi connectivity index (χ4v) is 4.45. The van der Waals surface area contributed by atoms with Gasteiger partial charge in [-0.05, 0) is 45.1 Å². The summed E-state index contributed by atoms with van der Waals surface area (Å²) in [6, 6.07) is 1.19. The lowest BCUT2D eigenvalue weighted by Gasteiger charge is -2.45. The largest absolute Gasteiger partial charge is 0.337 e. The zero-order valence-corrected chi connectivity index (χ0v) is 12.9. The predicted molar refractivity (Wildman–Crippen MR) is 80.3 cm³/mol. The number of hydrogen-bond acceptors (Lipinski definition) is 3. The Morgan fingerprint density at radius 1 is 1.10 bits per heavy atom. The minimum absolute atomic E-state index is 0.161. The third kappa shape index (κ3) is 2.48. The van der Waals surface area contributed by atoms with Crippen molar-refractivity contribution in [1.29, 1.82) is 0 Å². The van der Waals surface area contributed by atoms with Crippen LogP contribution in [0.15, 0.2) is 0 Å². The van der Waals surface area contributed by atoms with Crippen molar-refractivity contribution < 1.29 is 4.79 Å². The first-order valence-electron chi connectivity index (χ1n) is 8.38. The third-order valence-corrected chi connectivity index (χ3v) is 5.90. The lowest BCUT2D eigenvalue weighted by atomic mass is 9.76. The lowest BCUT2D eigenvalue weighted by molar-refractivity contribution is -0.144. The van der Waals surface area contributed by atoms with E-state index < -0.39 is 0 Å². The van der Waals surface area contributed by atoms with E-state index >= 15 is 0 Å². The number of nitrogens with zero attached hydrogens (tertiary/aromatic N) is 2. The van der Waals surface area contributed by atoms with Gasteiger partial charge in [-0.3, -0.25) is 9.69 Å². The molecule has 0 aromatic rings. The number of piperazine rings is 1. The van der Waals surface area contributed by atoms with Crippen molar-refractivity contribution in [2.45, 2.75) is 64.1 Å². The summed E-state index contributed by atoms with van der Waals surface area (Å²) < 4.78 is 0. The monoisotopic (exact) mass is 279 g/mol. The van der Waals surface area contributed by atoms with E-state index in [1.165, 1.54) is 19.4 Å². The van der Waals surface area contributed by atoms with Gasteiger partial charge in [-0.25, -0.2) is 0 Å². The van der Waals surface area contributed by atoms with Gasteiger partial charge in [0.1, 0.15) is 0 Å². The highest BCUT2D eigenvalue weighted by Crippen LogP contribution is 2.33. The summed E-state index contributed by atoms with van der Waals surface area (Å²) in [6.45, 7) is 7.60. The molecule has 0 radical (unpaired) electrons. The van der Waals surface area contributed by atoms with E-state index in [4.69, 9.17) is 5.73 Å². The number of amides is 1. The van der Waals surface area contributed by atoms with E-state index in [1.54, 1.807) is 0 Å². The van der Waals surface area contributed by atoms with Gasteiger partial charge >= 0.3 is 0 Å². The minimum Gasteiger partial charge on any atom is -0.337 e. The number of carbonyl (C=O) groups is 1. The van der Waals surface area contributed by atoms with Gasteiger partial charge in [-0.1, -0.05) is 13.3 Å². The molecule has 0 bridgehead atoms. The molecule has 1 aliphatic carbocycles. The average molecular weight is 279 g/mol. The Balaban J connectivity index is 1.69. The predicted octanol–water partition coefficient (Wildman–Crippen LogP) is 1.45. The molecule has 0 spiro atoms. The zero-order chi connectivity index (χ0) is 14.3. The quantitative estimate of drug-likeness (QED) is 0.790. The molecule has 3 fully saturated rings. The molecule has 1 amide bonds. The highest BCUT2D eigenvalue weighted by atomic mass is 16.2. The van der Waals surface area contributed by atoms with Crippen LogP contribution in [0.5, 0.6) is 0 Å². The van der Waals surface area contributed by atoms with Crippen LogP contribution in [-0.4, -0.2) is 53.5 Å². The Labute approximate surface area is 122 Å². The highest BCUT2D eigenvalue weighted by molar-refractivity contribution is 5.80. The van der Waals surface area contributed by atoms with Crippen LogP contribution in [0.25, 0.3) is 0 Å². The molecule has 1 saturated carbocycles. The molecule has 4 heteroatoms. The van der Waals surface area contributed by atoms with Crippen LogP contribution in [0.3, 0.4) is 0 Å². The van der Waals surface area contributed by atoms with E-state index in [0.717, 1.165) is 32.4 Å². The van der Waals surface area contributed by atoms with Gasteiger partial charge in [0.2, 0.25) is 5.91 Å². The third-order valence-electron chi connectivity index (χ3n) is 5.90. The maximum Gasteiger partial charge on any atom is 0.226 e. The Hall–Kier alpha value is -0.610. The molecular formula is C16H29N3O. The van der Waals surface area contributed by atoms with Crippen molar-refractivity contribution >= 4 is 5.91 Å². The zero-order valence-electron chi connectivity index (χ0n) is 12.9. The molecule has 3 aliphatic rings. The van der Waals surface area contributed by atoms with Gasteiger partial charge in [-0.2, -0.15) is 0 Å². The van der Waals surface area contributed by atoms with E-state index in [2.05, 4.69) is 23.6 Å². The summed E-state index contributed by atoms with van der Waals surface area (Å²) >= 11 is 0. The molecule has 5 atom stereocenters. The maximum atomic E-state index is 13.0. The minimum atomic E-state index is 0.161.